The molecular formula is C19H22FN3O4. The van der Waals surface area contributed by atoms with E-state index in [1.807, 2.05) is 30.3 Å². The highest BCUT2D eigenvalue weighted by molar-refractivity contribution is 5.89. The molecule has 1 amide bonds. The van der Waals surface area contributed by atoms with Crippen molar-refractivity contribution >= 4 is 17.5 Å². The number of hydrogen-bond donors (Lipinski definition) is 3. The summed E-state index contributed by atoms with van der Waals surface area (Å²) >= 11 is 0. The van der Waals surface area contributed by atoms with Crippen LogP contribution in [0.3, 0.4) is 0 Å². The molecule has 0 aliphatic carbocycles. The van der Waals surface area contributed by atoms with Gasteiger partial charge in [-0.15, -0.1) is 0 Å². The molecule has 4 N–H and O–H groups in total. The van der Waals surface area contributed by atoms with E-state index in [0.29, 0.717) is 5.69 Å². The summed E-state index contributed by atoms with van der Waals surface area (Å²) in [6, 6.07) is 13.6. The third kappa shape index (κ3) is 4.87. The van der Waals surface area contributed by atoms with Crippen molar-refractivity contribution < 1.29 is 23.8 Å². The minimum absolute atomic E-state index is 0.000417. The Balaban J connectivity index is 1.53. The van der Waals surface area contributed by atoms with Crippen molar-refractivity contribution in [2.75, 3.05) is 36.5 Å². The lowest BCUT2D eigenvalue weighted by Gasteiger charge is -2.16. The van der Waals surface area contributed by atoms with Gasteiger partial charge in [-0.3, -0.25) is 4.90 Å². The number of para-hydroxylation sites is 1. The van der Waals surface area contributed by atoms with Crippen LogP contribution in [-0.4, -0.2) is 49.6 Å². The predicted octanol–water partition coefficient (Wildman–Crippen LogP) is 1.96. The first-order valence-corrected chi connectivity index (χ1v) is 8.64. The Bertz CT molecular complexity index is 775. The SMILES string of the molecule is NC[C@H]1CN(c2ccc(OCC(O)CNc3ccccc3)c(F)c2)C(=O)O1. The average Bonchev–Trinajstić information content (AvgIpc) is 3.07. The molecule has 1 fully saturated rings. The Morgan fingerprint density at radius 3 is 2.78 bits per heavy atom. The van der Waals surface area contributed by atoms with Crippen molar-refractivity contribution in [2.45, 2.75) is 12.2 Å². The van der Waals surface area contributed by atoms with Crippen molar-refractivity contribution in [2.24, 2.45) is 5.73 Å². The van der Waals surface area contributed by atoms with E-state index in [9.17, 15) is 14.3 Å². The van der Waals surface area contributed by atoms with Crippen LogP contribution >= 0.6 is 0 Å². The monoisotopic (exact) mass is 375 g/mol. The second-order valence-electron chi connectivity index (χ2n) is 6.18. The average molecular weight is 375 g/mol. The minimum Gasteiger partial charge on any atom is -0.488 e. The summed E-state index contributed by atoms with van der Waals surface area (Å²) < 4.78 is 24.7. The number of aliphatic hydroxyl groups is 1. The molecule has 2 aromatic rings. The zero-order valence-corrected chi connectivity index (χ0v) is 14.7. The molecule has 1 aliphatic heterocycles. The number of aliphatic hydroxyl groups excluding tert-OH is 1. The van der Waals surface area contributed by atoms with Gasteiger partial charge in [0.1, 0.15) is 18.8 Å². The number of cyclic esters (lactones) is 1. The van der Waals surface area contributed by atoms with Crippen LogP contribution in [0.1, 0.15) is 0 Å². The number of halogens is 1. The van der Waals surface area contributed by atoms with Gasteiger partial charge in [-0.25, -0.2) is 9.18 Å². The molecule has 0 radical (unpaired) electrons. The maximum Gasteiger partial charge on any atom is 0.414 e. The molecule has 2 aromatic carbocycles. The van der Waals surface area contributed by atoms with Crippen molar-refractivity contribution in [3.8, 4) is 5.75 Å². The minimum atomic E-state index is -0.817. The number of benzene rings is 2. The second-order valence-corrected chi connectivity index (χ2v) is 6.18. The fraction of sp³-hybridized carbons (Fsp3) is 0.316. The summed E-state index contributed by atoms with van der Waals surface area (Å²) in [5.41, 5.74) is 6.74. The standard InChI is InChI=1S/C19H22FN3O4/c20-17-8-14(23-11-16(9-21)27-19(23)25)6-7-18(17)26-12-15(24)10-22-13-4-2-1-3-5-13/h1-8,15-16,22,24H,9-12,21H2/t15?,16-/m0/s1. The molecular weight excluding hydrogens is 353 g/mol. The van der Waals surface area contributed by atoms with Crippen molar-refractivity contribution in [3.63, 3.8) is 0 Å². The molecule has 7 nitrogen and oxygen atoms in total. The molecule has 1 unspecified atom stereocenters. The van der Waals surface area contributed by atoms with E-state index in [4.69, 9.17) is 15.2 Å². The third-order valence-corrected chi connectivity index (χ3v) is 4.11. The van der Waals surface area contributed by atoms with Gasteiger partial charge >= 0.3 is 6.09 Å². The van der Waals surface area contributed by atoms with Crippen molar-refractivity contribution in [1.29, 1.82) is 0 Å². The molecule has 2 atom stereocenters. The van der Waals surface area contributed by atoms with Gasteiger partial charge in [-0.05, 0) is 24.3 Å². The van der Waals surface area contributed by atoms with Crippen LogP contribution in [0.5, 0.6) is 5.75 Å². The van der Waals surface area contributed by atoms with Crippen LogP contribution in [0.25, 0.3) is 0 Å². The molecule has 8 heteroatoms. The van der Waals surface area contributed by atoms with Gasteiger partial charge in [0.05, 0.1) is 12.2 Å². The number of carbonyl (C=O) groups is 1. The molecule has 0 aromatic heterocycles. The number of ether oxygens (including phenoxy) is 2. The summed E-state index contributed by atoms with van der Waals surface area (Å²) in [7, 11) is 0. The number of rotatable bonds is 8. The van der Waals surface area contributed by atoms with Crippen molar-refractivity contribution in [1.82, 2.24) is 0 Å². The zero-order chi connectivity index (χ0) is 19.2. The van der Waals surface area contributed by atoms with E-state index in [2.05, 4.69) is 5.32 Å². The quantitative estimate of drug-likeness (QED) is 0.653. The largest absolute Gasteiger partial charge is 0.488 e. The Kier molecular flexibility index (Phi) is 6.10. The number of nitrogens with one attached hydrogen (secondary N) is 1. The topological polar surface area (TPSA) is 97.0 Å². The lowest BCUT2D eigenvalue weighted by Crippen LogP contribution is -2.27. The maximum atomic E-state index is 14.3. The van der Waals surface area contributed by atoms with Gasteiger partial charge in [-0.1, -0.05) is 18.2 Å². The van der Waals surface area contributed by atoms with Gasteiger partial charge in [-0.2, -0.15) is 0 Å². The summed E-state index contributed by atoms with van der Waals surface area (Å²) in [6.07, 6.45) is -1.77. The Hall–Kier alpha value is -2.84. The zero-order valence-electron chi connectivity index (χ0n) is 14.7. The first-order chi connectivity index (χ1) is 13.1. The smallest absolute Gasteiger partial charge is 0.414 e. The van der Waals surface area contributed by atoms with Crippen LogP contribution in [0, 0.1) is 5.82 Å². The molecule has 1 aliphatic rings. The predicted molar refractivity (Wildman–Crippen MR) is 99.5 cm³/mol. The van der Waals surface area contributed by atoms with E-state index in [-0.39, 0.29) is 32.0 Å². The summed E-state index contributed by atoms with van der Waals surface area (Å²) in [6.45, 7) is 0.681. The molecule has 0 spiro atoms. The first-order valence-electron chi connectivity index (χ1n) is 8.64. The van der Waals surface area contributed by atoms with E-state index in [1.165, 1.54) is 17.0 Å². The van der Waals surface area contributed by atoms with Crippen LogP contribution in [0.2, 0.25) is 0 Å². The number of anilines is 2. The molecule has 3 rings (SSSR count). The molecule has 1 saturated heterocycles. The fourth-order valence-corrected chi connectivity index (χ4v) is 2.67. The highest BCUT2D eigenvalue weighted by atomic mass is 19.1. The number of nitrogens with zero attached hydrogens (tertiary/aromatic N) is 1. The number of hydrogen-bond acceptors (Lipinski definition) is 6. The third-order valence-electron chi connectivity index (χ3n) is 4.11. The van der Waals surface area contributed by atoms with Gasteiger partial charge in [0.15, 0.2) is 11.6 Å². The van der Waals surface area contributed by atoms with E-state index < -0.39 is 24.1 Å². The van der Waals surface area contributed by atoms with E-state index >= 15 is 0 Å². The van der Waals surface area contributed by atoms with Gasteiger partial charge in [0.25, 0.3) is 0 Å². The van der Waals surface area contributed by atoms with Crippen LogP contribution in [0.4, 0.5) is 20.6 Å². The number of nitrogens with two attached hydrogens (primary N) is 1. The lowest BCUT2D eigenvalue weighted by atomic mass is 10.2. The van der Waals surface area contributed by atoms with Crippen LogP contribution in [-0.2, 0) is 4.74 Å². The van der Waals surface area contributed by atoms with Gasteiger partial charge < -0.3 is 25.6 Å². The lowest BCUT2D eigenvalue weighted by molar-refractivity contribution is 0.115. The summed E-state index contributed by atoms with van der Waals surface area (Å²) in [5.74, 6) is -0.625. The van der Waals surface area contributed by atoms with E-state index in [0.717, 1.165) is 5.69 Å². The molecule has 0 saturated carbocycles. The van der Waals surface area contributed by atoms with Crippen LogP contribution < -0.4 is 20.7 Å². The van der Waals surface area contributed by atoms with Crippen LogP contribution in [0.15, 0.2) is 48.5 Å². The summed E-state index contributed by atoms with van der Waals surface area (Å²) in [4.78, 5) is 13.1. The molecule has 144 valence electrons. The maximum absolute atomic E-state index is 14.3. The highest BCUT2D eigenvalue weighted by Gasteiger charge is 2.31. The molecule has 0 bridgehead atoms. The van der Waals surface area contributed by atoms with Crippen molar-refractivity contribution in [3.05, 3.63) is 54.3 Å². The second kappa shape index (κ2) is 8.70. The number of carbonyl (C=O) groups excluding carboxylic acids is 1. The normalized spacial score (nSPS) is 17.5. The molecule has 1 heterocycles. The Morgan fingerprint density at radius 2 is 2.11 bits per heavy atom. The number of amides is 1. The first kappa shape index (κ1) is 18.9. The Labute approximate surface area is 156 Å². The van der Waals surface area contributed by atoms with Gasteiger partial charge in [0.2, 0.25) is 0 Å². The highest BCUT2D eigenvalue weighted by Crippen LogP contribution is 2.27. The fourth-order valence-electron chi connectivity index (χ4n) is 2.67. The summed E-state index contributed by atoms with van der Waals surface area (Å²) in [5, 5.41) is 13.1. The van der Waals surface area contributed by atoms with Gasteiger partial charge in [0, 0.05) is 24.8 Å². The molecule has 27 heavy (non-hydrogen) atoms. The Morgan fingerprint density at radius 1 is 1.33 bits per heavy atom. The van der Waals surface area contributed by atoms with E-state index in [1.54, 1.807) is 6.07 Å².